The van der Waals surface area contributed by atoms with Gasteiger partial charge in [0.05, 0.1) is 11.6 Å². The van der Waals surface area contributed by atoms with Crippen LogP contribution in [0.25, 0.3) is 0 Å². The van der Waals surface area contributed by atoms with Crippen LogP contribution in [0.3, 0.4) is 0 Å². The lowest BCUT2D eigenvalue weighted by molar-refractivity contribution is -0.138. The zero-order chi connectivity index (χ0) is 13.5. The van der Waals surface area contributed by atoms with Crippen LogP contribution in [-0.4, -0.2) is 17.7 Å². The van der Waals surface area contributed by atoms with Crippen molar-refractivity contribution in [2.45, 2.75) is 13.8 Å². The summed E-state index contributed by atoms with van der Waals surface area (Å²) >= 11 is 5.88. The van der Waals surface area contributed by atoms with Crippen molar-refractivity contribution >= 4 is 23.3 Å². The number of carbonyl (C=O) groups is 1. The van der Waals surface area contributed by atoms with E-state index >= 15 is 0 Å². The number of hydrogen-bond donors (Lipinski definition) is 1. The first kappa shape index (κ1) is 14.2. The summed E-state index contributed by atoms with van der Waals surface area (Å²) in [5.74, 6) is -0.988. The van der Waals surface area contributed by atoms with E-state index in [1.165, 1.54) is 6.92 Å². The molecule has 96 valence electrons. The zero-order valence-electron chi connectivity index (χ0n) is 10.1. The van der Waals surface area contributed by atoms with Gasteiger partial charge in [-0.15, -0.1) is 10.2 Å². The number of rotatable bonds is 4. The molecule has 6 heteroatoms. The molecule has 0 aliphatic carbocycles. The van der Waals surface area contributed by atoms with Crippen LogP contribution in [0.5, 0.6) is 0 Å². The summed E-state index contributed by atoms with van der Waals surface area (Å²) in [5.41, 5.74) is 0.166. The molecule has 0 aromatic heterocycles. The van der Waals surface area contributed by atoms with Crippen molar-refractivity contribution in [2.75, 3.05) is 6.61 Å². The molecule has 0 aliphatic rings. The summed E-state index contributed by atoms with van der Waals surface area (Å²) in [4.78, 5) is 11.5. The summed E-state index contributed by atoms with van der Waals surface area (Å²) in [6, 6.07) is 6.78. The lowest BCUT2D eigenvalue weighted by Gasteiger charge is -2.02. The molecule has 0 atom stereocenters. The Hall–Kier alpha value is -1.88. The van der Waals surface area contributed by atoms with Crippen molar-refractivity contribution in [3.8, 4) is 0 Å². The van der Waals surface area contributed by atoms with Crippen LogP contribution in [0.1, 0.15) is 13.8 Å². The first-order chi connectivity index (χ1) is 8.56. The third-order valence-electron chi connectivity index (χ3n) is 1.92. The molecule has 1 aromatic carbocycles. The van der Waals surface area contributed by atoms with Crippen LogP contribution in [0, 0.1) is 0 Å². The summed E-state index contributed by atoms with van der Waals surface area (Å²) in [6.45, 7) is 3.18. The molecule has 0 saturated heterocycles. The average molecular weight is 269 g/mol. The molecule has 0 saturated carbocycles. The van der Waals surface area contributed by atoms with E-state index in [9.17, 15) is 9.90 Å². The number of allylic oxidation sites excluding steroid dienone is 1. The fourth-order valence-corrected chi connectivity index (χ4v) is 1.27. The minimum Gasteiger partial charge on any atom is -0.510 e. The van der Waals surface area contributed by atoms with E-state index < -0.39 is 5.97 Å². The number of ether oxygens (including phenoxy) is 1. The highest BCUT2D eigenvalue weighted by Crippen LogP contribution is 2.25. The van der Waals surface area contributed by atoms with Crippen molar-refractivity contribution in [1.29, 1.82) is 0 Å². The molecule has 0 spiro atoms. The van der Waals surface area contributed by atoms with Crippen LogP contribution >= 0.6 is 11.6 Å². The smallest absolute Gasteiger partial charge is 0.362 e. The summed E-state index contributed by atoms with van der Waals surface area (Å²) in [7, 11) is 0. The van der Waals surface area contributed by atoms with Gasteiger partial charge >= 0.3 is 5.97 Å². The normalized spacial score (nSPS) is 12.4. The van der Waals surface area contributed by atoms with Gasteiger partial charge < -0.3 is 9.84 Å². The highest BCUT2D eigenvalue weighted by molar-refractivity contribution is 6.32. The molecule has 0 heterocycles. The van der Waals surface area contributed by atoms with E-state index in [0.29, 0.717) is 10.7 Å². The van der Waals surface area contributed by atoms with Gasteiger partial charge in [-0.1, -0.05) is 23.7 Å². The highest BCUT2D eigenvalue weighted by atomic mass is 35.5. The van der Waals surface area contributed by atoms with E-state index in [1.807, 2.05) is 0 Å². The minimum atomic E-state index is -0.728. The Balaban J connectivity index is 2.96. The van der Waals surface area contributed by atoms with Crippen LogP contribution in [0.15, 0.2) is 46.0 Å². The van der Waals surface area contributed by atoms with Gasteiger partial charge in [0.25, 0.3) is 0 Å². The van der Waals surface area contributed by atoms with E-state index in [2.05, 4.69) is 10.2 Å². The molecule has 1 aromatic rings. The monoisotopic (exact) mass is 268 g/mol. The molecule has 18 heavy (non-hydrogen) atoms. The summed E-state index contributed by atoms with van der Waals surface area (Å²) in [6.07, 6.45) is 0. The second kappa shape index (κ2) is 6.76. The van der Waals surface area contributed by atoms with Gasteiger partial charge in [0, 0.05) is 0 Å². The molecule has 0 bridgehead atoms. The quantitative estimate of drug-likeness (QED) is 0.391. The molecule has 5 nitrogen and oxygen atoms in total. The summed E-state index contributed by atoms with van der Waals surface area (Å²) < 4.78 is 4.74. The maximum absolute atomic E-state index is 11.5. The molecule has 0 unspecified atom stereocenters. The number of benzene rings is 1. The van der Waals surface area contributed by atoms with E-state index in [4.69, 9.17) is 16.3 Å². The predicted molar refractivity (Wildman–Crippen MR) is 67.9 cm³/mol. The third kappa shape index (κ3) is 3.85. The fourth-order valence-electron chi connectivity index (χ4n) is 1.10. The van der Waals surface area contributed by atoms with Crippen molar-refractivity contribution in [3.63, 3.8) is 0 Å². The molecule has 0 amide bonds. The molecule has 1 N–H and O–H groups in total. The van der Waals surface area contributed by atoms with Crippen molar-refractivity contribution in [2.24, 2.45) is 10.2 Å². The van der Waals surface area contributed by atoms with Gasteiger partial charge in [-0.3, -0.25) is 0 Å². The Morgan fingerprint density at radius 2 is 2.11 bits per heavy atom. The number of azo groups is 1. The number of hydrogen-bond acceptors (Lipinski definition) is 5. The van der Waals surface area contributed by atoms with Gasteiger partial charge in [0.1, 0.15) is 11.4 Å². The lowest BCUT2D eigenvalue weighted by Crippen LogP contribution is -2.07. The van der Waals surface area contributed by atoms with Gasteiger partial charge in [-0.25, -0.2) is 4.79 Å². The standard InChI is InChI=1S/C12H13ClN2O3/c1-3-18-12(17)11(8(2)16)15-14-10-7-5-4-6-9(10)13/h4-7,16H,3H2,1-2H3. The number of aliphatic hydroxyl groups excluding tert-OH is 1. The lowest BCUT2D eigenvalue weighted by atomic mass is 10.3. The van der Waals surface area contributed by atoms with Crippen LogP contribution in [0.2, 0.25) is 5.02 Å². The second-order valence-corrected chi connectivity index (χ2v) is 3.71. The Labute approximate surface area is 110 Å². The van der Waals surface area contributed by atoms with Gasteiger partial charge in [0.15, 0.2) is 0 Å². The SMILES string of the molecule is CCOC(=O)C(N=Nc1ccccc1Cl)=C(C)O. The highest BCUT2D eigenvalue weighted by Gasteiger charge is 2.13. The Kier molecular flexibility index (Phi) is 5.32. The van der Waals surface area contributed by atoms with Crippen molar-refractivity contribution < 1.29 is 14.6 Å². The maximum atomic E-state index is 11.5. The molecule has 0 radical (unpaired) electrons. The van der Waals surface area contributed by atoms with E-state index in [-0.39, 0.29) is 18.1 Å². The third-order valence-corrected chi connectivity index (χ3v) is 2.24. The number of halogens is 1. The topological polar surface area (TPSA) is 71.2 Å². The first-order valence-corrected chi connectivity index (χ1v) is 5.67. The number of esters is 1. The molecule has 1 rings (SSSR count). The number of nitrogens with zero attached hydrogens (tertiary/aromatic N) is 2. The number of aliphatic hydroxyl groups is 1. The molecular formula is C12H13ClN2O3. The van der Waals surface area contributed by atoms with Gasteiger partial charge in [-0.05, 0) is 26.0 Å². The largest absolute Gasteiger partial charge is 0.510 e. The van der Waals surface area contributed by atoms with E-state index in [1.54, 1.807) is 31.2 Å². The number of carbonyl (C=O) groups excluding carboxylic acids is 1. The minimum absolute atomic E-state index is 0.192. The Bertz CT molecular complexity index is 494. The maximum Gasteiger partial charge on any atom is 0.362 e. The Morgan fingerprint density at radius 3 is 2.67 bits per heavy atom. The molecular weight excluding hydrogens is 256 g/mol. The fraction of sp³-hybridized carbons (Fsp3) is 0.250. The van der Waals surface area contributed by atoms with E-state index in [0.717, 1.165) is 0 Å². The second-order valence-electron chi connectivity index (χ2n) is 3.31. The molecule has 0 aliphatic heterocycles. The predicted octanol–water partition coefficient (Wildman–Crippen LogP) is 3.78. The van der Waals surface area contributed by atoms with Crippen LogP contribution in [-0.2, 0) is 9.53 Å². The summed E-state index contributed by atoms with van der Waals surface area (Å²) in [5, 5.41) is 17.2. The first-order valence-electron chi connectivity index (χ1n) is 5.29. The van der Waals surface area contributed by atoms with Gasteiger partial charge in [0.2, 0.25) is 5.70 Å². The van der Waals surface area contributed by atoms with Gasteiger partial charge in [-0.2, -0.15) is 0 Å². The average Bonchev–Trinajstić information content (AvgIpc) is 2.31. The Morgan fingerprint density at radius 1 is 1.44 bits per heavy atom. The zero-order valence-corrected chi connectivity index (χ0v) is 10.8. The van der Waals surface area contributed by atoms with Crippen LogP contribution in [0.4, 0.5) is 5.69 Å². The molecule has 0 fully saturated rings. The van der Waals surface area contributed by atoms with Crippen LogP contribution < -0.4 is 0 Å². The van der Waals surface area contributed by atoms with Crippen molar-refractivity contribution in [1.82, 2.24) is 0 Å². The van der Waals surface area contributed by atoms with Crippen molar-refractivity contribution in [3.05, 3.63) is 40.7 Å².